The summed E-state index contributed by atoms with van der Waals surface area (Å²) in [6, 6.07) is 12.3. The van der Waals surface area contributed by atoms with Gasteiger partial charge in [0.05, 0.1) is 12.5 Å². The Kier molecular flexibility index (Phi) is 4.83. The van der Waals surface area contributed by atoms with E-state index in [1.54, 1.807) is 17.7 Å². The van der Waals surface area contributed by atoms with Gasteiger partial charge in [0.25, 0.3) is 0 Å². The van der Waals surface area contributed by atoms with Crippen LogP contribution in [0.1, 0.15) is 12.8 Å². The Balaban J connectivity index is 1.76. The van der Waals surface area contributed by atoms with Crippen molar-refractivity contribution in [1.29, 1.82) is 0 Å². The largest absolute Gasteiger partial charge is 0.469 e. The maximum atomic E-state index is 11.1. The lowest BCUT2D eigenvalue weighted by Crippen LogP contribution is -2.07. The Morgan fingerprint density at radius 1 is 1.26 bits per heavy atom. The number of hydrogen-bond donors (Lipinski definition) is 1. The fourth-order valence-corrected chi connectivity index (χ4v) is 3.29. The molecule has 0 fully saturated rings. The van der Waals surface area contributed by atoms with Crippen LogP contribution in [-0.2, 0) is 9.53 Å². The summed E-state index contributed by atoms with van der Waals surface area (Å²) in [5, 5.41) is 4.29. The van der Waals surface area contributed by atoms with E-state index < -0.39 is 0 Å². The van der Waals surface area contributed by atoms with Crippen molar-refractivity contribution in [2.45, 2.75) is 12.8 Å². The maximum absolute atomic E-state index is 11.1. The molecule has 3 rings (SSSR count). The van der Waals surface area contributed by atoms with Crippen LogP contribution in [0, 0.1) is 0 Å². The minimum Gasteiger partial charge on any atom is -0.469 e. The van der Waals surface area contributed by atoms with Gasteiger partial charge < -0.3 is 10.1 Å². The van der Waals surface area contributed by atoms with Crippen LogP contribution in [0.15, 0.2) is 42.7 Å². The van der Waals surface area contributed by atoms with Gasteiger partial charge in [-0.2, -0.15) is 0 Å². The molecule has 0 radical (unpaired) electrons. The molecule has 0 saturated heterocycles. The molecule has 5 nitrogen and oxygen atoms in total. The Morgan fingerprint density at radius 2 is 2.09 bits per heavy atom. The molecule has 0 atom stereocenters. The summed E-state index contributed by atoms with van der Waals surface area (Å²) >= 11 is 1.65. The molecule has 6 heteroatoms. The smallest absolute Gasteiger partial charge is 0.305 e. The number of thiophene rings is 1. The summed E-state index contributed by atoms with van der Waals surface area (Å²) in [4.78, 5) is 21.9. The van der Waals surface area contributed by atoms with Crippen molar-refractivity contribution in [3.05, 3.63) is 42.7 Å². The highest BCUT2D eigenvalue weighted by Crippen LogP contribution is 2.34. The molecule has 0 aliphatic carbocycles. The predicted octanol–water partition coefficient (Wildman–Crippen LogP) is 3.72. The summed E-state index contributed by atoms with van der Waals surface area (Å²) in [6.07, 6.45) is 2.67. The van der Waals surface area contributed by atoms with Crippen LogP contribution >= 0.6 is 11.3 Å². The molecule has 0 bridgehead atoms. The molecule has 23 heavy (non-hydrogen) atoms. The molecule has 0 amide bonds. The van der Waals surface area contributed by atoms with Crippen molar-refractivity contribution in [2.75, 3.05) is 19.0 Å². The zero-order valence-electron chi connectivity index (χ0n) is 12.8. The molecule has 2 heterocycles. The van der Waals surface area contributed by atoms with Gasteiger partial charge in [-0.1, -0.05) is 30.3 Å². The molecule has 0 spiro atoms. The van der Waals surface area contributed by atoms with Crippen molar-refractivity contribution in [3.63, 3.8) is 0 Å². The SMILES string of the molecule is COC(=O)CCCNc1ncnc2sc(-c3ccccc3)cc12. The molecular weight excluding hydrogens is 310 g/mol. The molecule has 3 aromatic rings. The Bertz CT molecular complexity index is 802. The summed E-state index contributed by atoms with van der Waals surface area (Å²) in [6.45, 7) is 0.664. The van der Waals surface area contributed by atoms with Crippen LogP contribution in [-0.4, -0.2) is 29.6 Å². The molecule has 1 aromatic carbocycles. The van der Waals surface area contributed by atoms with E-state index >= 15 is 0 Å². The number of fused-ring (bicyclic) bond motifs is 1. The molecule has 0 saturated carbocycles. The normalized spacial score (nSPS) is 10.7. The first-order chi connectivity index (χ1) is 11.3. The third kappa shape index (κ3) is 3.65. The summed E-state index contributed by atoms with van der Waals surface area (Å²) in [5.41, 5.74) is 1.17. The van der Waals surface area contributed by atoms with E-state index in [0.717, 1.165) is 16.0 Å². The number of aromatic nitrogens is 2. The van der Waals surface area contributed by atoms with Gasteiger partial charge in [-0.15, -0.1) is 11.3 Å². The van der Waals surface area contributed by atoms with Gasteiger partial charge >= 0.3 is 5.97 Å². The lowest BCUT2D eigenvalue weighted by Gasteiger charge is -2.05. The van der Waals surface area contributed by atoms with E-state index in [0.29, 0.717) is 19.4 Å². The summed E-state index contributed by atoms with van der Waals surface area (Å²) in [5.74, 6) is 0.611. The van der Waals surface area contributed by atoms with Crippen LogP contribution in [0.4, 0.5) is 5.82 Å². The van der Waals surface area contributed by atoms with Crippen LogP contribution in [0.5, 0.6) is 0 Å². The number of nitrogens with one attached hydrogen (secondary N) is 1. The first kappa shape index (κ1) is 15.4. The van der Waals surface area contributed by atoms with Crippen LogP contribution in [0.2, 0.25) is 0 Å². The lowest BCUT2D eigenvalue weighted by atomic mass is 10.2. The number of esters is 1. The second-order valence-corrected chi connectivity index (χ2v) is 6.05. The minimum atomic E-state index is -0.193. The standard InChI is InChI=1S/C17H17N3O2S/c1-22-15(21)8-5-9-18-16-13-10-14(12-6-3-2-4-7-12)23-17(13)20-11-19-16/h2-4,6-7,10-11H,5,8-9H2,1H3,(H,18,19,20). The van der Waals surface area contributed by atoms with E-state index in [1.165, 1.54) is 17.6 Å². The molecule has 0 aliphatic rings. The highest BCUT2D eigenvalue weighted by atomic mass is 32.1. The molecule has 2 aromatic heterocycles. The third-order valence-corrected chi connectivity index (χ3v) is 4.56. The van der Waals surface area contributed by atoms with Gasteiger partial charge in [-0.25, -0.2) is 9.97 Å². The first-order valence-corrected chi connectivity index (χ1v) is 8.20. The average Bonchev–Trinajstić information content (AvgIpc) is 3.04. The van der Waals surface area contributed by atoms with E-state index in [4.69, 9.17) is 0 Å². The lowest BCUT2D eigenvalue weighted by molar-refractivity contribution is -0.140. The molecule has 0 aliphatic heterocycles. The Labute approximate surface area is 138 Å². The highest BCUT2D eigenvalue weighted by Gasteiger charge is 2.10. The number of carbonyl (C=O) groups excluding carboxylic acids is 1. The topological polar surface area (TPSA) is 64.1 Å². The van der Waals surface area contributed by atoms with Crippen molar-refractivity contribution < 1.29 is 9.53 Å². The Morgan fingerprint density at radius 3 is 2.87 bits per heavy atom. The average molecular weight is 327 g/mol. The number of nitrogens with zero attached hydrogens (tertiary/aromatic N) is 2. The van der Waals surface area contributed by atoms with E-state index in [1.807, 2.05) is 18.2 Å². The van der Waals surface area contributed by atoms with Gasteiger partial charge in [0, 0.05) is 17.8 Å². The number of rotatable bonds is 6. The van der Waals surface area contributed by atoms with Crippen molar-refractivity contribution >= 4 is 33.3 Å². The van der Waals surface area contributed by atoms with Gasteiger partial charge in [0.15, 0.2) is 0 Å². The first-order valence-electron chi connectivity index (χ1n) is 7.38. The highest BCUT2D eigenvalue weighted by molar-refractivity contribution is 7.21. The molecule has 1 N–H and O–H groups in total. The zero-order chi connectivity index (χ0) is 16.1. The van der Waals surface area contributed by atoms with Gasteiger partial charge in [-0.3, -0.25) is 4.79 Å². The fraction of sp³-hybridized carbons (Fsp3) is 0.235. The number of benzene rings is 1. The van der Waals surface area contributed by atoms with Crippen LogP contribution in [0.25, 0.3) is 20.7 Å². The Hall–Kier alpha value is -2.47. The van der Waals surface area contributed by atoms with Gasteiger partial charge in [0.1, 0.15) is 17.0 Å². The predicted molar refractivity (Wildman–Crippen MR) is 92.6 cm³/mol. The second kappa shape index (κ2) is 7.19. The minimum absolute atomic E-state index is 0.193. The number of hydrogen-bond acceptors (Lipinski definition) is 6. The number of anilines is 1. The molecule has 0 unspecified atom stereocenters. The van der Waals surface area contributed by atoms with Gasteiger partial charge in [-0.05, 0) is 18.1 Å². The summed E-state index contributed by atoms with van der Waals surface area (Å²) in [7, 11) is 1.40. The number of methoxy groups -OCH3 is 1. The quantitative estimate of drug-likeness (QED) is 0.552. The van der Waals surface area contributed by atoms with Crippen LogP contribution in [0.3, 0.4) is 0 Å². The van der Waals surface area contributed by atoms with Crippen molar-refractivity contribution in [1.82, 2.24) is 9.97 Å². The van der Waals surface area contributed by atoms with Crippen molar-refractivity contribution in [2.24, 2.45) is 0 Å². The monoisotopic (exact) mass is 327 g/mol. The molecule has 118 valence electrons. The van der Waals surface area contributed by atoms with Crippen LogP contribution < -0.4 is 5.32 Å². The number of carbonyl (C=O) groups is 1. The van der Waals surface area contributed by atoms with E-state index in [9.17, 15) is 4.79 Å². The number of ether oxygens (including phenoxy) is 1. The fourth-order valence-electron chi connectivity index (χ4n) is 2.28. The second-order valence-electron chi connectivity index (χ2n) is 5.02. The van der Waals surface area contributed by atoms with Gasteiger partial charge in [0.2, 0.25) is 0 Å². The van der Waals surface area contributed by atoms with E-state index in [2.05, 4.69) is 38.2 Å². The molecular formula is C17H17N3O2S. The third-order valence-electron chi connectivity index (χ3n) is 3.47. The van der Waals surface area contributed by atoms with Crippen molar-refractivity contribution in [3.8, 4) is 10.4 Å². The maximum Gasteiger partial charge on any atom is 0.305 e. The summed E-state index contributed by atoms with van der Waals surface area (Å²) < 4.78 is 4.63. The van der Waals surface area contributed by atoms with E-state index in [-0.39, 0.29) is 5.97 Å². The zero-order valence-corrected chi connectivity index (χ0v) is 13.6.